The van der Waals surface area contributed by atoms with E-state index in [4.69, 9.17) is 11.6 Å². The van der Waals surface area contributed by atoms with Gasteiger partial charge in [0.2, 0.25) is 5.91 Å². The Hall–Kier alpha value is -2.17. The van der Waals surface area contributed by atoms with E-state index in [1.54, 1.807) is 24.3 Å². The number of rotatable bonds is 2. The van der Waals surface area contributed by atoms with Crippen LogP contribution in [-0.2, 0) is 22.6 Å². The van der Waals surface area contributed by atoms with Crippen molar-refractivity contribution in [3.63, 3.8) is 0 Å². The van der Waals surface area contributed by atoms with Gasteiger partial charge < -0.3 is 0 Å². The fraction of sp³-hybridized carbons (Fsp3) is 0.263. The number of hydrogen-bond donors (Lipinski definition) is 0. The van der Waals surface area contributed by atoms with Crippen LogP contribution in [0.3, 0.4) is 0 Å². The second-order valence-electron chi connectivity index (χ2n) is 6.25. The quantitative estimate of drug-likeness (QED) is 0.789. The molecule has 1 fully saturated rings. The van der Waals surface area contributed by atoms with Crippen LogP contribution in [0.25, 0.3) is 0 Å². The molecule has 1 atom stereocenters. The lowest BCUT2D eigenvalue weighted by Gasteiger charge is -2.32. The number of hydrogen-bond acceptors (Lipinski definition) is 3. The molecule has 122 valence electrons. The number of nitrogens with zero attached hydrogens (tertiary/aromatic N) is 2. The minimum absolute atomic E-state index is 0.137. The first-order valence-corrected chi connectivity index (χ1v) is 8.44. The lowest BCUT2D eigenvalue weighted by molar-refractivity contribution is -0.123. The van der Waals surface area contributed by atoms with Gasteiger partial charge in [0, 0.05) is 18.1 Å². The largest absolute Gasteiger partial charge is 0.287 e. The average molecular weight is 341 g/mol. The van der Waals surface area contributed by atoms with Crippen molar-refractivity contribution in [3.05, 3.63) is 64.7 Å². The standard InChI is InChI=1S/C19H17ClN2O2/c20-15-5-7-16(8-6-15)22-18(23)11-17(19(22)24)21-10-9-13-3-1-2-4-14(13)12-21/h1-8,17H,9-12H2. The van der Waals surface area contributed by atoms with Crippen LogP contribution in [0.1, 0.15) is 17.5 Å². The maximum Gasteiger partial charge on any atom is 0.251 e. The highest BCUT2D eigenvalue weighted by atomic mass is 35.5. The highest BCUT2D eigenvalue weighted by Crippen LogP contribution is 2.29. The SMILES string of the molecule is O=C1CC(N2CCc3ccccc3C2)C(=O)N1c1ccc(Cl)cc1. The molecule has 2 aromatic rings. The van der Waals surface area contributed by atoms with Crippen molar-refractivity contribution in [1.29, 1.82) is 0 Å². The molecule has 4 nitrogen and oxygen atoms in total. The average Bonchev–Trinajstić information content (AvgIpc) is 2.90. The van der Waals surface area contributed by atoms with Gasteiger partial charge in [0.15, 0.2) is 0 Å². The topological polar surface area (TPSA) is 40.6 Å². The van der Waals surface area contributed by atoms with Crippen LogP contribution < -0.4 is 4.90 Å². The fourth-order valence-corrected chi connectivity index (χ4v) is 3.67. The number of carbonyl (C=O) groups is 2. The first kappa shape index (κ1) is 15.4. The van der Waals surface area contributed by atoms with Crippen molar-refractivity contribution in [2.45, 2.75) is 25.4 Å². The Morgan fingerprint density at radius 1 is 0.958 bits per heavy atom. The number of anilines is 1. The second-order valence-corrected chi connectivity index (χ2v) is 6.69. The van der Waals surface area contributed by atoms with Gasteiger partial charge in [-0.25, -0.2) is 4.90 Å². The summed E-state index contributed by atoms with van der Waals surface area (Å²) in [5, 5.41) is 0.585. The van der Waals surface area contributed by atoms with Crippen LogP contribution in [0, 0.1) is 0 Å². The van der Waals surface area contributed by atoms with E-state index in [0.29, 0.717) is 17.3 Å². The number of halogens is 1. The zero-order chi connectivity index (χ0) is 16.7. The summed E-state index contributed by atoms with van der Waals surface area (Å²) in [5.41, 5.74) is 3.17. The van der Waals surface area contributed by atoms with Crippen LogP contribution in [0.4, 0.5) is 5.69 Å². The molecule has 2 aliphatic rings. The zero-order valence-corrected chi connectivity index (χ0v) is 13.9. The van der Waals surface area contributed by atoms with Gasteiger partial charge in [-0.05, 0) is 41.8 Å². The molecular formula is C19H17ClN2O2. The molecule has 2 aliphatic heterocycles. The van der Waals surface area contributed by atoms with Crippen molar-refractivity contribution < 1.29 is 9.59 Å². The monoisotopic (exact) mass is 340 g/mol. The first-order chi connectivity index (χ1) is 11.6. The van der Waals surface area contributed by atoms with E-state index >= 15 is 0 Å². The molecule has 0 saturated carbocycles. The molecule has 0 bridgehead atoms. The summed E-state index contributed by atoms with van der Waals surface area (Å²) in [6, 6.07) is 14.7. The Bertz CT molecular complexity index is 803. The summed E-state index contributed by atoms with van der Waals surface area (Å²) in [5.74, 6) is -0.284. The maximum atomic E-state index is 12.8. The van der Waals surface area contributed by atoms with Gasteiger partial charge in [-0.2, -0.15) is 0 Å². The van der Waals surface area contributed by atoms with Gasteiger partial charge >= 0.3 is 0 Å². The molecule has 2 heterocycles. The normalized spacial score (nSPS) is 21.2. The van der Waals surface area contributed by atoms with E-state index in [1.807, 2.05) is 12.1 Å². The minimum atomic E-state index is -0.374. The second kappa shape index (κ2) is 6.04. The van der Waals surface area contributed by atoms with Gasteiger partial charge in [0.1, 0.15) is 0 Å². The van der Waals surface area contributed by atoms with Crippen molar-refractivity contribution in [1.82, 2.24) is 4.90 Å². The predicted molar refractivity (Wildman–Crippen MR) is 92.9 cm³/mol. The van der Waals surface area contributed by atoms with Crippen LogP contribution in [0.15, 0.2) is 48.5 Å². The fourth-order valence-electron chi connectivity index (χ4n) is 3.55. The van der Waals surface area contributed by atoms with E-state index in [1.165, 1.54) is 16.0 Å². The summed E-state index contributed by atoms with van der Waals surface area (Å²) in [6.07, 6.45) is 1.15. The van der Waals surface area contributed by atoms with E-state index in [-0.39, 0.29) is 24.3 Å². The van der Waals surface area contributed by atoms with Gasteiger partial charge in [-0.15, -0.1) is 0 Å². The molecule has 4 rings (SSSR count). The van der Waals surface area contributed by atoms with Gasteiger partial charge in [-0.1, -0.05) is 35.9 Å². The first-order valence-electron chi connectivity index (χ1n) is 8.07. The number of benzene rings is 2. The Balaban J connectivity index is 1.57. The summed E-state index contributed by atoms with van der Waals surface area (Å²) >= 11 is 5.89. The molecule has 0 spiro atoms. The maximum absolute atomic E-state index is 12.8. The Kier molecular flexibility index (Phi) is 3.87. The van der Waals surface area contributed by atoms with Crippen LogP contribution >= 0.6 is 11.6 Å². The van der Waals surface area contributed by atoms with Crippen LogP contribution in [0.5, 0.6) is 0 Å². The molecule has 2 aromatic carbocycles. The third-order valence-electron chi connectivity index (χ3n) is 4.81. The number of fused-ring (bicyclic) bond motifs is 1. The molecule has 1 unspecified atom stereocenters. The molecule has 0 aromatic heterocycles. The Morgan fingerprint density at radius 3 is 2.42 bits per heavy atom. The summed E-state index contributed by atoms with van der Waals surface area (Å²) in [7, 11) is 0. The lowest BCUT2D eigenvalue weighted by Crippen LogP contribution is -2.44. The molecule has 1 saturated heterocycles. The molecule has 0 aliphatic carbocycles. The number of carbonyl (C=O) groups excluding carboxylic acids is 2. The van der Waals surface area contributed by atoms with Crippen LogP contribution in [-0.4, -0.2) is 29.3 Å². The van der Waals surface area contributed by atoms with Crippen LogP contribution in [0.2, 0.25) is 5.02 Å². The summed E-state index contributed by atoms with van der Waals surface area (Å²) in [4.78, 5) is 28.7. The number of imide groups is 1. The van der Waals surface area contributed by atoms with Gasteiger partial charge in [0.25, 0.3) is 5.91 Å². The van der Waals surface area contributed by atoms with E-state index in [2.05, 4.69) is 17.0 Å². The molecule has 5 heteroatoms. The van der Waals surface area contributed by atoms with Crippen molar-refractivity contribution in [3.8, 4) is 0 Å². The van der Waals surface area contributed by atoms with Crippen molar-refractivity contribution >= 4 is 29.1 Å². The predicted octanol–water partition coefficient (Wildman–Crippen LogP) is 3.03. The third kappa shape index (κ3) is 2.62. The molecule has 2 amide bonds. The molecule has 0 radical (unpaired) electrons. The van der Waals surface area contributed by atoms with Crippen molar-refractivity contribution in [2.24, 2.45) is 0 Å². The van der Waals surface area contributed by atoms with E-state index < -0.39 is 0 Å². The van der Waals surface area contributed by atoms with Gasteiger partial charge in [0.05, 0.1) is 18.2 Å². The minimum Gasteiger partial charge on any atom is -0.287 e. The molecule has 24 heavy (non-hydrogen) atoms. The number of amides is 2. The van der Waals surface area contributed by atoms with E-state index in [9.17, 15) is 9.59 Å². The summed E-state index contributed by atoms with van der Waals surface area (Å²) < 4.78 is 0. The third-order valence-corrected chi connectivity index (χ3v) is 5.06. The highest BCUT2D eigenvalue weighted by molar-refractivity contribution is 6.30. The van der Waals surface area contributed by atoms with Gasteiger partial charge in [-0.3, -0.25) is 14.5 Å². The van der Waals surface area contributed by atoms with E-state index in [0.717, 1.165) is 13.0 Å². The zero-order valence-electron chi connectivity index (χ0n) is 13.1. The smallest absolute Gasteiger partial charge is 0.251 e. The lowest BCUT2D eigenvalue weighted by atomic mass is 9.98. The van der Waals surface area contributed by atoms with Crippen molar-refractivity contribution in [2.75, 3.05) is 11.4 Å². The molecule has 0 N–H and O–H groups in total. The molecular weight excluding hydrogens is 324 g/mol. The highest BCUT2D eigenvalue weighted by Gasteiger charge is 2.43. The summed E-state index contributed by atoms with van der Waals surface area (Å²) in [6.45, 7) is 1.52. The Morgan fingerprint density at radius 2 is 1.67 bits per heavy atom. The Labute approximate surface area is 145 Å².